The molecule has 7 nitrogen and oxygen atoms in total. The summed E-state index contributed by atoms with van der Waals surface area (Å²) in [6, 6.07) is 6.87. The summed E-state index contributed by atoms with van der Waals surface area (Å²) in [6.07, 6.45) is 0. The molecular formula is C13H15N5O2. The lowest BCUT2D eigenvalue weighted by atomic mass is 10.2. The maximum atomic E-state index is 11.5. The van der Waals surface area contributed by atoms with Crippen molar-refractivity contribution in [3.63, 3.8) is 0 Å². The molecular weight excluding hydrogens is 258 g/mol. The predicted molar refractivity (Wildman–Crippen MR) is 75.1 cm³/mol. The summed E-state index contributed by atoms with van der Waals surface area (Å²) in [5.74, 6) is 0.312. The largest absolute Gasteiger partial charge is 0.381 e. The molecule has 0 saturated carbocycles. The van der Waals surface area contributed by atoms with Crippen LogP contribution in [0.2, 0.25) is 0 Å². The Morgan fingerprint density at radius 2 is 2.00 bits per heavy atom. The molecule has 1 aliphatic heterocycles. The van der Waals surface area contributed by atoms with Gasteiger partial charge in [-0.25, -0.2) is 9.97 Å². The number of amides is 1. The molecule has 0 spiro atoms. The van der Waals surface area contributed by atoms with Gasteiger partial charge < -0.3 is 21.1 Å². The van der Waals surface area contributed by atoms with Gasteiger partial charge in [-0.2, -0.15) is 0 Å². The van der Waals surface area contributed by atoms with Crippen molar-refractivity contribution in [2.24, 2.45) is 5.73 Å². The first-order valence-corrected chi connectivity index (χ1v) is 6.33. The van der Waals surface area contributed by atoms with E-state index in [0.29, 0.717) is 19.0 Å². The Balaban J connectivity index is 2.07. The molecule has 1 amide bonds. The van der Waals surface area contributed by atoms with Crippen molar-refractivity contribution in [2.45, 2.75) is 6.04 Å². The highest BCUT2D eigenvalue weighted by molar-refractivity contribution is 5.86. The molecule has 0 aliphatic carbocycles. The Morgan fingerprint density at radius 3 is 2.70 bits per heavy atom. The summed E-state index contributed by atoms with van der Waals surface area (Å²) in [5.41, 5.74) is 12.8. The number of rotatable bonds is 2. The fourth-order valence-electron chi connectivity index (χ4n) is 2.31. The number of carbonyl (C=O) groups is 1. The van der Waals surface area contributed by atoms with Crippen molar-refractivity contribution in [3.8, 4) is 0 Å². The van der Waals surface area contributed by atoms with Gasteiger partial charge in [0.2, 0.25) is 5.91 Å². The van der Waals surface area contributed by atoms with E-state index in [4.69, 9.17) is 16.2 Å². The number of hydrogen-bond donors (Lipinski definition) is 2. The molecule has 1 aromatic carbocycles. The number of nitrogen functional groups attached to an aromatic ring is 1. The normalized spacial score (nSPS) is 19.2. The lowest BCUT2D eigenvalue weighted by molar-refractivity contribution is -0.121. The van der Waals surface area contributed by atoms with Crippen molar-refractivity contribution in [2.75, 3.05) is 30.4 Å². The maximum Gasteiger partial charge on any atom is 0.242 e. The zero-order valence-corrected chi connectivity index (χ0v) is 10.8. The van der Waals surface area contributed by atoms with Gasteiger partial charge in [-0.05, 0) is 12.1 Å². The third-order valence-electron chi connectivity index (χ3n) is 3.31. The molecule has 1 aliphatic rings. The van der Waals surface area contributed by atoms with E-state index in [1.165, 1.54) is 0 Å². The Morgan fingerprint density at radius 1 is 1.30 bits per heavy atom. The van der Waals surface area contributed by atoms with Crippen LogP contribution in [0.25, 0.3) is 11.0 Å². The number of morpholine rings is 1. The molecule has 1 fully saturated rings. The Bertz CT molecular complexity index is 660. The van der Waals surface area contributed by atoms with E-state index in [1.807, 2.05) is 24.3 Å². The third kappa shape index (κ3) is 2.12. The number of anilines is 2. The van der Waals surface area contributed by atoms with E-state index in [2.05, 4.69) is 9.97 Å². The highest BCUT2D eigenvalue weighted by atomic mass is 16.5. The Hall–Kier alpha value is -2.41. The highest BCUT2D eigenvalue weighted by Crippen LogP contribution is 2.25. The van der Waals surface area contributed by atoms with Crippen LogP contribution >= 0.6 is 0 Å². The lowest BCUT2D eigenvalue weighted by Crippen LogP contribution is -2.53. The number of para-hydroxylation sites is 2. The minimum absolute atomic E-state index is 0.239. The highest BCUT2D eigenvalue weighted by Gasteiger charge is 2.30. The fraction of sp³-hybridized carbons (Fsp3) is 0.308. The molecule has 1 unspecified atom stereocenters. The van der Waals surface area contributed by atoms with Crippen LogP contribution in [0, 0.1) is 0 Å². The molecule has 104 valence electrons. The van der Waals surface area contributed by atoms with Crippen molar-refractivity contribution >= 4 is 28.6 Å². The molecule has 0 bridgehead atoms. The topological polar surface area (TPSA) is 107 Å². The minimum atomic E-state index is -0.568. The van der Waals surface area contributed by atoms with Crippen LogP contribution in [-0.4, -0.2) is 41.7 Å². The molecule has 2 heterocycles. The average molecular weight is 273 g/mol. The first kappa shape index (κ1) is 12.6. The number of fused-ring (bicyclic) bond motifs is 1. The standard InChI is InChI=1S/C13H15N5O2/c14-11-13(17-9-4-2-1-3-8(9)16-11)18-5-6-20-7-10(18)12(15)19/h1-4,10H,5-7H2,(H2,14,16)(H2,15,19). The summed E-state index contributed by atoms with van der Waals surface area (Å²) in [4.78, 5) is 22.1. The monoisotopic (exact) mass is 273 g/mol. The van der Waals surface area contributed by atoms with Crippen LogP contribution < -0.4 is 16.4 Å². The van der Waals surface area contributed by atoms with Gasteiger partial charge >= 0.3 is 0 Å². The zero-order chi connectivity index (χ0) is 14.1. The summed E-state index contributed by atoms with van der Waals surface area (Å²) >= 11 is 0. The van der Waals surface area contributed by atoms with Crippen molar-refractivity contribution in [3.05, 3.63) is 24.3 Å². The van der Waals surface area contributed by atoms with E-state index in [9.17, 15) is 4.79 Å². The van der Waals surface area contributed by atoms with Crippen molar-refractivity contribution < 1.29 is 9.53 Å². The second-order valence-corrected chi connectivity index (χ2v) is 4.61. The van der Waals surface area contributed by atoms with Gasteiger partial charge in [-0.15, -0.1) is 0 Å². The smallest absolute Gasteiger partial charge is 0.242 e. The van der Waals surface area contributed by atoms with Gasteiger partial charge in [0, 0.05) is 6.54 Å². The molecule has 1 atom stereocenters. The first-order chi connectivity index (χ1) is 9.66. The number of primary amides is 1. The van der Waals surface area contributed by atoms with E-state index >= 15 is 0 Å². The average Bonchev–Trinajstić information content (AvgIpc) is 2.46. The second-order valence-electron chi connectivity index (χ2n) is 4.61. The third-order valence-corrected chi connectivity index (χ3v) is 3.31. The summed E-state index contributed by atoms with van der Waals surface area (Å²) in [6.45, 7) is 1.24. The maximum absolute atomic E-state index is 11.5. The lowest BCUT2D eigenvalue weighted by Gasteiger charge is -2.34. The van der Waals surface area contributed by atoms with Crippen LogP contribution in [0.5, 0.6) is 0 Å². The van der Waals surface area contributed by atoms with Crippen LogP contribution in [0.3, 0.4) is 0 Å². The van der Waals surface area contributed by atoms with Gasteiger partial charge in [0.25, 0.3) is 0 Å². The van der Waals surface area contributed by atoms with E-state index in [0.717, 1.165) is 11.0 Å². The number of nitrogens with zero attached hydrogens (tertiary/aromatic N) is 3. The van der Waals surface area contributed by atoms with Crippen molar-refractivity contribution in [1.82, 2.24) is 9.97 Å². The number of benzene rings is 1. The first-order valence-electron chi connectivity index (χ1n) is 6.33. The molecule has 3 rings (SSSR count). The van der Waals surface area contributed by atoms with Gasteiger partial charge in [0.05, 0.1) is 24.2 Å². The molecule has 4 N–H and O–H groups in total. The van der Waals surface area contributed by atoms with Gasteiger partial charge in [-0.3, -0.25) is 4.79 Å². The second kappa shape index (κ2) is 4.93. The number of hydrogen-bond acceptors (Lipinski definition) is 6. The van der Waals surface area contributed by atoms with E-state index in [1.54, 1.807) is 4.90 Å². The molecule has 0 radical (unpaired) electrons. The van der Waals surface area contributed by atoms with Crippen LogP contribution in [0.15, 0.2) is 24.3 Å². The molecule has 1 saturated heterocycles. The summed E-state index contributed by atoms with van der Waals surface area (Å²) < 4.78 is 5.29. The number of ether oxygens (including phenoxy) is 1. The number of carbonyl (C=O) groups excluding carboxylic acids is 1. The Labute approximate surface area is 115 Å². The minimum Gasteiger partial charge on any atom is -0.381 e. The van der Waals surface area contributed by atoms with Crippen LogP contribution in [-0.2, 0) is 9.53 Å². The molecule has 1 aromatic heterocycles. The molecule has 7 heteroatoms. The quantitative estimate of drug-likeness (QED) is 0.791. The fourth-order valence-corrected chi connectivity index (χ4v) is 2.31. The predicted octanol–water partition coefficient (Wildman–Crippen LogP) is -0.0975. The van der Waals surface area contributed by atoms with Crippen molar-refractivity contribution in [1.29, 1.82) is 0 Å². The zero-order valence-electron chi connectivity index (χ0n) is 10.8. The number of aromatic nitrogens is 2. The molecule has 2 aromatic rings. The van der Waals surface area contributed by atoms with Crippen LogP contribution in [0.4, 0.5) is 11.6 Å². The van der Waals surface area contributed by atoms with Gasteiger partial charge in [0.15, 0.2) is 11.6 Å². The van der Waals surface area contributed by atoms with Crippen LogP contribution in [0.1, 0.15) is 0 Å². The summed E-state index contributed by atoms with van der Waals surface area (Å²) in [7, 11) is 0. The van der Waals surface area contributed by atoms with E-state index in [-0.39, 0.29) is 12.4 Å². The summed E-state index contributed by atoms with van der Waals surface area (Å²) in [5, 5.41) is 0. The molecule has 20 heavy (non-hydrogen) atoms. The Kier molecular flexibility index (Phi) is 3.11. The SMILES string of the molecule is NC(=O)C1COCCN1c1nc2ccccc2nc1N. The van der Waals surface area contributed by atoms with Gasteiger partial charge in [0.1, 0.15) is 6.04 Å². The van der Waals surface area contributed by atoms with Gasteiger partial charge in [-0.1, -0.05) is 12.1 Å². The number of nitrogens with two attached hydrogens (primary N) is 2. The van der Waals surface area contributed by atoms with E-state index < -0.39 is 11.9 Å².